The smallest absolute Gasteiger partial charge is 0.322 e. The Morgan fingerprint density at radius 2 is 2.33 bits per heavy atom. The molecule has 1 atom stereocenters. The van der Waals surface area contributed by atoms with Crippen molar-refractivity contribution in [1.29, 1.82) is 0 Å². The van der Waals surface area contributed by atoms with Crippen molar-refractivity contribution in [3.8, 4) is 0 Å². The van der Waals surface area contributed by atoms with E-state index in [1.54, 1.807) is 0 Å². The van der Waals surface area contributed by atoms with Crippen molar-refractivity contribution < 1.29 is 9.59 Å². The standard InChI is InChI=1S/C11H12BrN3O2S/c12-7-1-4-18-8(7)5-15-9(16)11(14-10(15)17)2-3-13-6-11/h1,4,13H,2-3,5-6H2,(H,14,17). The van der Waals surface area contributed by atoms with Gasteiger partial charge in [-0.25, -0.2) is 4.79 Å². The van der Waals surface area contributed by atoms with Crippen molar-refractivity contribution in [3.63, 3.8) is 0 Å². The third kappa shape index (κ3) is 1.77. The molecule has 1 aromatic rings. The number of carbonyl (C=O) groups is 2. The number of nitrogens with one attached hydrogen (secondary N) is 2. The monoisotopic (exact) mass is 329 g/mol. The van der Waals surface area contributed by atoms with Gasteiger partial charge in [0.2, 0.25) is 0 Å². The number of amides is 3. The molecule has 2 fully saturated rings. The first-order valence-corrected chi connectivity index (χ1v) is 7.36. The summed E-state index contributed by atoms with van der Waals surface area (Å²) in [5.41, 5.74) is -0.708. The summed E-state index contributed by atoms with van der Waals surface area (Å²) in [6.07, 6.45) is 0.666. The number of carbonyl (C=O) groups excluding carboxylic acids is 2. The summed E-state index contributed by atoms with van der Waals surface area (Å²) in [6, 6.07) is 1.63. The minimum absolute atomic E-state index is 0.113. The Kier molecular flexibility index (Phi) is 2.91. The van der Waals surface area contributed by atoms with Gasteiger partial charge in [-0.1, -0.05) is 0 Å². The highest BCUT2D eigenvalue weighted by molar-refractivity contribution is 9.10. The quantitative estimate of drug-likeness (QED) is 0.804. The highest BCUT2D eigenvalue weighted by atomic mass is 79.9. The molecule has 0 radical (unpaired) electrons. The molecule has 0 bridgehead atoms. The van der Waals surface area contributed by atoms with Gasteiger partial charge in [-0.15, -0.1) is 11.3 Å². The second kappa shape index (κ2) is 4.32. The van der Waals surface area contributed by atoms with Crippen LogP contribution in [-0.2, 0) is 11.3 Å². The molecule has 1 spiro atoms. The van der Waals surface area contributed by atoms with Gasteiger partial charge in [0.15, 0.2) is 0 Å². The average Bonchev–Trinajstić information content (AvgIpc) is 3.00. The van der Waals surface area contributed by atoms with Crippen LogP contribution in [0.1, 0.15) is 11.3 Å². The Balaban J connectivity index is 1.83. The number of halogens is 1. The highest BCUT2D eigenvalue weighted by Gasteiger charge is 2.52. The molecule has 2 aliphatic rings. The molecular formula is C11H12BrN3O2S. The van der Waals surface area contributed by atoms with Crippen molar-refractivity contribution in [2.24, 2.45) is 0 Å². The largest absolute Gasteiger partial charge is 0.325 e. The molecule has 3 amide bonds. The van der Waals surface area contributed by atoms with E-state index in [1.165, 1.54) is 16.2 Å². The zero-order chi connectivity index (χ0) is 12.8. The summed E-state index contributed by atoms with van der Waals surface area (Å²) >= 11 is 4.95. The van der Waals surface area contributed by atoms with Crippen LogP contribution in [0, 0.1) is 0 Å². The second-order valence-corrected chi connectivity index (χ2v) is 6.38. The lowest BCUT2D eigenvalue weighted by Crippen LogP contribution is -2.48. The number of hydrogen-bond acceptors (Lipinski definition) is 4. The summed E-state index contributed by atoms with van der Waals surface area (Å²) in [6.45, 7) is 1.63. The van der Waals surface area contributed by atoms with Crippen molar-refractivity contribution in [2.45, 2.75) is 18.5 Å². The SMILES string of the molecule is O=C1NC2(CCNC2)C(=O)N1Cc1sccc1Br. The maximum Gasteiger partial charge on any atom is 0.325 e. The Bertz CT molecular complexity index is 510. The molecule has 3 rings (SSSR count). The van der Waals surface area contributed by atoms with Gasteiger partial charge in [0.25, 0.3) is 5.91 Å². The third-order valence-corrected chi connectivity index (χ3v) is 5.31. The minimum Gasteiger partial charge on any atom is -0.322 e. The van der Waals surface area contributed by atoms with Crippen LogP contribution in [0.5, 0.6) is 0 Å². The zero-order valence-corrected chi connectivity index (χ0v) is 11.9. The van der Waals surface area contributed by atoms with Crippen LogP contribution in [0.2, 0.25) is 0 Å². The maximum atomic E-state index is 12.4. The molecule has 1 unspecified atom stereocenters. The Morgan fingerprint density at radius 1 is 1.50 bits per heavy atom. The summed E-state index contributed by atoms with van der Waals surface area (Å²) in [7, 11) is 0. The predicted molar refractivity (Wildman–Crippen MR) is 71.3 cm³/mol. The van der Waals surface area contributed by atoms with Gasteiger partial charge in [0, 0.05) is 15.9 Å². The number of hydrogen-bond donors (Lipinski definition) is 2. The van der Waals surface area contributed by atoms with Crippen LogP contribution in [0.3, 0.4) is 0 Å². The Hall–Kier alpha value is -0.920. The maximum absolute atomic E-state index is 12.4. The number of rotatable bonds is 2. The number of imide groups is 1. The lowest BCUT2D eigenvalue weighted by atomic mass is 9.99. The van der Waals surface area contributed by atoms with Gasteiger partial charge in [0.1, 0.15) is 5.54 Å². The Morgan fingerprint density at radius 3 is 2.94 bits per heavy atom. The molecule has 0 aromatic carbocycles. The van der Waals surface area contributed by atoms with Gasteiger partial charge in [-0.05, 0) is 40.3 Å². The minimum atomic E-state index is -0.708. The van der Waals surface area contributed by atoms with E-state index in [0.29, 0.717) is 19.5 Å². The predicted octanol–water partition coefficient (Wildman–Crippen LogP) is 1.29. The summed E-state index contributed by atoms with van der Waals surface area (Å²) < 4.78 is 0.943. The molecular weight excluding hydrogens is 318 g/mol. The molecule has 2 saturated heterocycles. The fraction of sp³-hybridized carbons (Fsp3) is 0.455. The summed E-state index contributed by atoms with van der Waals surface area (Å²) in [5, 5.41) is 7.89. The number of nitrogens with zero attached hydrogens (tertiary/aromatic N) is 1. The molecule has 1 aromatic heterocycles. The van der Waals surface area contributed by atoms with E-state index in [9.17, 15) is 9.59 Å². The first-order chi connectivity index (χ1) is 8.62. The lowest BCUT2D eigenvalue weighted by molar-refractivity contribution is -0.131. The van der Waals surface area contributed by atoms with Crippen LogP contribution < -0.4 is 10.6 Å². The zero-order valence-electron chi connectivity index (χ0n) is 9.53. The molecule has 3 heterocycles. The van der Waals surface area contributed by atoms with Gasteiger partial charge >= 0.3 is 6.03 Å². The van der Waals surface area contributed by atoms with Crippen LogP contribution in [0.15, 0.2) is 15.9 Å². The van der Waals surface area contributed by atoms with Crippen LogP contribution in [-0.4, -0.2) is 35.5 Å². The first kappa shape index (κ1) is 12.1. The van der Waals surface area contributed by atoms with E-state index in [2.05, 4.69) is 26.6 Å². The number of urea groups is 1. The van der Waals surface area contributed by atoms with E-state index < -0.39 is 5.54 Å². The van der Waals surface area contributed by atoms with Gasteiger partial charge in [-0.3, -0.25) is 9.69 Å². The summed E-state index contributed by atoms with van der Waals surface area (Å²) in [4.78, 5) is 26.6. The van der Waals surface area contributed by atoms with E-state index in [0.717, 1.165) is 15.9 Å². The van der Waals surface area contributed by atoms with Crippen molar-refractivity contribution in [2.75, 3.05) is 13.1 Å². The van der Waals surface area contributed by atoms with Gasteiger partial charge < -0.3 is 10.6 Å². The van der Waals surface area contributed by atoms with Crippen LogP contribution in [0.25, 0.3) is 0 Å². The van der Waals surface area contributed by atoms with E-state index in [1.807, 2.05) is 11.4 Å². The lowest BCUT2D eigenvalue weighted by Gasteiger charge is -2.19. The molecule has 2 N–H and O–H groups in total. The van der Waals surface area contributed by atoms with Gasteiger partial charge in [-0.2, -0.15) is 0 Å². The van der Waals surface area contributed by atoms with Crippen molar-refractivity contribution in [3.05, 3.63) is 20.8 Å². The fourth-order valence-corrected chi connectivity index (χ4v) is 3.85. The Labute approximate surface area is 117 Å². The average molecular weight is 330 g/mol. The molecule has 0 saturated carbocycles. The van der Waals surface area contributed by atoms with E-state index >= 15 is 0 Å². The molecule has 18 heavy (non-hydrogen) atoms. The van der Waals surface area contributed by atoms with Gasteiger partial charge in [0.05, 0.1) is 6.54 Å². The summed E-state index contributed by atoms with van der Waals surface area (Å²) in [5.74, 6) is -0.113. The first-order valence-electron chi connectivity index (χ1n) is 5.69. The number of thiophene rings is 1. The molecule has 5 nitrogen and oxygen atoms in total. The molecule has 0 aliphatic carbocycles. The fourth-order valence-electron chi connectivity index (χ4n) is 2.38. The van der Waals surface area contributed by atoms with Crippen LogP contribution in [0.4, 0.5) is 4.79 Å². The van der Waals surface area contributed by atoms with Crippen LogP contribution >= 0.6 is 27.3 Å². The molecule has 96 valence electrons. The topological polar surface area (TPSA) is 61.4 Å². The molecule has 7 heteroatoms. The highest BCUT2D eigenvalue weighted by Crippen LogP contribution is 2.29. The second-order valence-electron chi connectivity index (χ2n) is 4.52. The third-order valence-electron chi connectivity index (χ3n) is 3.39. The van der Waals surface area contributed by atoms with Crippen molar-refractivity contribution in [1.82, 2.24) is 15.5 Å². The van der Waals surface area contributed by atoms with E-state index in [4.69, 9.17) is 0 Å². The molecule has 2 aliphatic heterocycles. The normalized spacial score (nSPS) is 27.3. The van der Waals surface area contributed by atoms with Crippen molar-refractivity contribution >= 4 is 39.2 Å². The van der Waals surface area contributed by atoms with E-state index in [-0.39, 0.29) is 11.9 Å².